The Balaban J connectivity index is 1.24. The summed E-state index contributed by atoms with van der Waals surface area (Å²) in [5.74, 6) is 0.666. The van der Waals surface area contributed by atoms with Crippen LogP contribution in [-0.2, 0) is 9.59 Å². The second-order valence-corrected chi connectivity index (χ2v) is 6.48. The van der Waals surface area contributed by atoms with E-state index in [0.29, 0.717) is 28.5 Å². The maximum absolute atomic E-state index is 12.3. The third-order valence-corrected chi connectivity index (χ3v) is 4.48. The Hall–Kier alpha value is -3.75. The monoisotopic (exact) mass is 397 g/mol. The molecule has 3 N–H and O–H groups in total. The molecule has 2 aliphatic rings. The number of hydrogen-bond donors (Lipinski definition) is 3. The van der Waals surface area contributed by atoms with Crippen LogP contribution in [0.25, 0.3) is 0 Å². The Bertz CT molecular complexity index is 961. The molecule has 4 rings (SSSR count). The van der Waals surface area contributed by atoms with E-state index >= 15 is 0 Å². The maximum Gasteiger partial charge on any atom is 0.254 e. The highest BCUT2D eigenvalue weighted by Gasteiger charge is 2.29. The molecule has 1 atom stereocenters. The SMILES string of the molecule is O=C(C[C@@H]1NC(=O)c2ccccc2NC1=O)NCCOc1ccc2c(c1)OCO2. The average molecular weight is 397 g/mol. The molecule has 9 nitrogen and oxygen atoms in total. The average Bonchev–Trinajstić information content (AvgIpc) is 3.14. The van der Waals surface area contributed by atoms with Crippen LogP contribution in [0.3, 0.4) is 0 Å². The van der Waals surface area contributed by atoms with E-state index in [4.69, 9.17) is 14.2 Å². The van der Waals surface area contributed by atoms with Crippen molar-refractivity contribution >= 4 is 23.4 Å². The van der Waals surface area contributed by atoms with Gasteiger partial charge in [0.05, 0.1) is 24.2 Å². The lowest BCUT2D eigenvalue weighted by molar-refractivity contribution is -0.125. The zero-order chi connectivity index (χ0) is 20.2. The molecule has 0 saturated heterocycles. The highest BCUT2D eigenvalue weighted by Crippen LogP contribution is 2.34. The number of benzene rings is 2. The van der Waals surface area contributed by atoms with Crippen molar-refractivity contribution in [2.24, 2.45) is 0 Å². The van der Waals surface area contributed by atoms with Crippen molar-refractivity contribution in [2.75, 3.05) is 25.3 Å². The molecule has 29 heavy (non-hydrogen) atoms. The normalized spacial score (nSPS) is 16.9. The van der Waals surface area contributed by atoms with Gasteiger partial charge in [0.1, 0.15) is 18.4 Å². The molecule has 2 aromatic rings. The summed E-state index contributed by atoms with van der Waals surface area (Å²) in [5.41, 5.74) is 0.788. The van der Waals surface area contributed by atoms with Crippen LogP contribution in [0.5, 0.6) is 17.2 Å². The second-order valence-electron chi connectivity index (χ2n) is 6.48. The van der Waals surface area contributed by atoms with Crippen LogP contribution in [-0.4, -0.2) is 43.7 Å². The van der Waals surface area contributed by atoms with Gasteiger partial charge in [0, 0.05) is 6.07 Å². The van der Waals surface area contributed by atoms with Gasteiger partial charge in [0.2, 0.25) is 18.6 Å². The number of hydrogen-bond acceptors (Lipinski definition) is 6. The number of fused-ring (bicyclic) bond motifs is 2. The van der Waals surface area contributed by atoms with Crippen LogP contribution in [0, 0.1) is 0 Å². The highest BCUT2D eigenvalue weighted by molar-refractivity contribution is 6.10. The number of para-hydroxylation sites is 1. The third-order valence-electron chi connectivity index (χ3n) is 4.48. The molecular formula is C20H19N3O6. The van der Waals surface area contributed by atoms with Gasteiger partial charge in [0.15, 0.2) is 11.5 Å². The van der Waals surface area contributed by atoms with E-state index < -0.39 is 17.9 Å². The Kier molecular flexibility index (Phi) is 5.19. The smallest absolute Gasteiger partial charge is 0.254 e. The first-order chi connectivity index (χ1) is 14.1. The molecule has 0 unspecified atom stereocenters. The number of nitrogens with one attached hydrogen (secondary N) is 3. The quantitative estimate of drug-likeness (QED) is 0.628. The first-order valence-electron chi connectivity index (χ1n) is 9.10. The largest absolute Gasteiger partial charge is 0.492 e. The fourth-order valence-corrected chi connectivity index (χ4v) is 3.04. The first-order valence-corrected chi connectivity index (χ1v) is 9.10. The van der Waals surface area contributed by atoms with Gasteiger partial charge in [-0.15, -0.1) is 0 Å². The summed E-state index contributed by atoms with van der Waals surface area (Å²) in [6.07, 6.45) is -0.171. The van der Waals surface area contributed by atoms with Crippen molar-refractivity contribution in [2.45, 2.75) is 12.5 Å². The van der Waals surface area contributed by atoms with Crippen LogP contribution >= 0.6 is 0 Å². The molecule has 0 aliphatic carbocycles. The van der Waals surface area contributed by atoms with Crippen molar-refractivity contribution in [1.82, 2.24) is 10.6 Å². The van der Waals surface area contributed by atoms with Gasteiger partial charge >= 0.3 is 0 Å². The molecule has 150 valence electrons. The van der Waals surface area contributed by atoms with E-state index in [9.17, 15) is 14.4 Å². The van der Waals surface area contributed by atoms with Crippen LogP contribution < -0.4 is 30.2 Å². The summed E-state index contributed by atoms with van der Waals surface area (Å²) in [4.78, 5) is 36.8. The number of carbonyl (C=O) groups excluding carboxylic acids is 3. The summed E-state index contributed by atoms with van der Waals surface area (Å²) in [6.45, 7) is 0.668. The number of carbonyl (C=O) groups is 3. The highest BCUT2D eigenvalue weighted by atomic mass is 16.7. The lowest BCUT2D eigenvalue weighted by atomic mass is 10.1. The molecule has 3 amide bonds. The number of ether oxygens (including phenoxy) is 3. The van der Waals surface area contributed by atoms with E-state index in [-0.39, 0.29) is 32.3 Å². The van der Waals surface area contributed by atoms with Gasteiger partial charge in [-0.25, -0.2) is 0 Å². The fraction of sp³-hybridized carbons (Fsp3) is 0.250. The molecule has 9 heteroatoms. The fourth-order valence-electron chi connectivity index (χ4n) is 3.04. The number of amides is 3. The lowest BCUT2D eigenvalue weighted by Gasteiger charge is -2.14. The summed E-state index contributed by atoms with van der Waals surface area (Å²) in [6, 6.07) is 10.9. The van der Waals surface area contributed by atoms with Gasteiger partial charge in [-0.05, 0) is 24.3 Å². The second kappa shape index (κ2) is 8.09. The summed E-state index contributed by atoms with van der Waals surface area (Å²) >= 11 is 0. The Labute approximate surface area is 166 Å². The van der Waals surface area contributed by atoms with Crippen LogP contribution in [0.4, 0.5) is 5.69 Å². The van der Waals surface area contributed by atoms with Crippen molar-refractivity contribution in [3.63, 3.8) is 0 Å². The molecular weight excluding hydrogens is 378 g/mol. The maximum atomic E-state index is 12.3. The Morgan fingerprint density at radius 2 is 1.97 bits per heavy atom. The molecule has 2 heterocycles. The van der Waals surface area contributed by atoms with E-state index in [1.165, 1.54) is 0 Å². The van der Waals surface area contributed by atoms with Crippen molar-refractivity contribution in [3.8, 4) is 17.2 Å². The Morgan fingerprint density at radius 3 is 2.86 bits per heavy atom. The Morgan fingerprint density at radius 1 is 1.14 bits per heavy atom. The molecule has 0 radical (unpaired) electrons. The zero-order valence-electron chi connectivity index (χ0n) is 15.4. The predicted octanol–water partition coefficient (Wildman–Crippen LogP) is 1.05. The molecule has 0 saturated carbocycles. The molecule has 0 fully saturated rings. The zero-order valence-corrected chi connectivity index (χ0v) is 15.4. The minimum absolute atomic E-state index is 0.171. The lowest BCUT2D eigenvalue weighted by Crippen LogP contribution is -2.45. The van der Waals surface area contributed by atoms with E-state index in [1.807, 2.05) is 0 Å². The predicted molar refractivity (Wildman–Crippen MR) is 102 cm³/mol. The van der Waals surface area contributed by atoms with Gasteiger partial charge < -0.3 is 30.2 Å². The van der Waals surface area contributed by atoms with E-state index in [0.717, 1.165) is 0 Å². The molecule has 0 aromatic heterocycles. The topological polar surface area (TPSA) is 115 Å². The van der Waals surface area contributed by atoms with Gasteiger partial charge in [-0.2, -0.15) is 0 Å². The minimum atomic E-state index is -0.954. The molecule has 2 aliphatic heterocycles. The van der Waals surface area contributed by atoms with Crippen molar-refractivity contribution in [3.05, 3.63) is 48.0 Å². The standard InChI is InChI=1S/C20H19N3O6/c24-18(21-7-8-27-12-5-6-16-17(9-12)29-11-28-16)10-15-20(26)22-14-4-2-1-3-13(14)19(25)23-15/h1-6,9,15H,7-8,10-11H2,(H,21,24)(H,22,26)(H,23,25)/t15-/m0/s1. The van der Waals surface area contributed by atoms with Crippen LogP contribution in [0.15, 0.2) is 42.5 Å². The van der Waals surface area contributed by atoms with E-state index in [1.54, 1.807) is 42.5 Å². The van der Waals surface area contributed by atoms with Crippen molar-refractivity contribution < 1.29 is 28.6 Å². The first kappa shape index (κ1) is 18.6. The van der Waals surface area contributed by atoms with E-state index in [2.05, 4.69) is 16.0 Å². The number of anilines is 1. The number of rotatable bonds is 6. The summed E-state index contributed by atoms with van der Waals surface area (Å²) in [7, 11) is 0. The summed E-state index contributed by atoms with van der Waals surface area (Å²) in [5, 5.41) is 7.93. The third kappa shape index (κ3) is 4.23. The van der Waals surface area contributed by atoms with Crippen LogP contribution in [0.1, 0.15) is 16.8 Å². The van der Waals surface area contributed by atoms with Crippen LogP contribution in [0.2, 0.25) is 0 Å². The minimum Gasteiger partial charge on any atom is -0.492 e. The van der Waals surface area contributed by atoms with Crippen molar-refractivity contribution in [1.29, 1.82) is 0 Å². The summed E-state index contributed by atoms with van der Waals surface area (Å²) < 4.78 is 16.1. The molecule has 0 bridgehead atoms. The molecule has 2 aromatic carbocycles. The van der Waals surface area contributed by atoms with Gasteiger partial charge in [0.25, 0.3) is 5.91 Å². The van der Waals surface area contributed by atoms with Gasteiger partial charge in [-0.1, -0.05) is 12.1 Å². The van der Waals surface area contributed by atoms with Gasteiger partial charge in [-0.3, -0.25) is 14.4 Å². The molecule has 0 spiro atoms.